The summed E-state index contributed by atoms with van der Waals surface area (Å²) in [6, 6.07) is 13.7. The Morgan fingerprint density at radius 2 is 1.63 bits per heavy atom. The minimum absolute atomic E-state index is 0.0280. The number of halogens is 6. The van der Waals surface area contributed by atoms with Gasteiger partial charge in [-0.15, -0.1) is 4.36 Å². The number of allylic oxidation sites excluding steroid dienone is 1. The number of alkyl halides is 6. The molecule has 0 radical (unpaired) electrons. The molecule has 2 aromatic rings. The summed E-state index contributed by atoms with van der Waals surface area (Å²) in [6.07, 6.45) is -9.57. The summed E-state index contributed by atoms with van der Waals surface area (Å²) in [5, 5.41) is 18.7. The molecule has 198 valence electrons. The second-order valence-electron chi connectivity index (χ2n) is 7.49. The predicted octanol–water partition coefficient (Wildman–Crippen LogP) is 5.46. The fourth-order valence-electron chi connectivity index (χ4n) is 3.41. The number of nitrogens with zero attached hydrogens (tertiary/aromatic N) is 5. The van der Waals surface area contributed by atoms with E-state index in [0.29, 0.717) is 11.1 Å². The van der Waals surface area contributed by atoms with Crippen molar-refractivity contribution < 1.29 is 40.1 Å². The Kier molecular flexibility index (Phi) is 9.15. The summed E-state index contributed by atoms with van der Waals surface area (Å²) in [5.41, 5.74) is 0.687. The van der Waals surface area contributed by atoms with E-state index in [0.717, 1.165) is 17.0 Å². The van der Waals surface area contributed by atoms with Crippen molar-refractivity contribution in [3.05, 3.63) is 76.5 Å². The van der Waals surface area contributed by atoms with E-state index in [9.17, 15) is 45.4 Å². The number of hydrogen-bond donors (Lipinski definition) is 0. The Morgan fingerprint density at radius 1 is 1.03 bits per heavy atom. The molecule has 3 rings (SSSR count). The third-order valence-corrected chi connectivity index (χ3v) is 5.39. The van der Waals surface area contributed by atoms with Crippen LogP contribution >= 0.6 is 0 Å². The molecule has 15 heteroatoms. The second kappa shape index (κ2) is 11.7. The number of anilines is 1. The average Bonchev–Trinajstić information content (AvgIpc) is 2.86. The molecule has 1 aliphatic heterocycles. The Bertz CT molecular complexity index is 1400. The number of urea groups is 1. The van der Waals surface area contributed by atoms with Crippen LogP contribution in [0.25, 0.3) is 0 Å². The lowest BCUT2D eigenvalue weighted by Gasteiger charge is -2.40. The molecule has 0 saturated carbocycles. The highest BCUT2D eigenvalue weighted by atomic mass is 32.1. The van der Waals surface area contributed by atoms with Gasteiger partial charge in [0, 0.05) is 12.7 Å². The lowest BCUT2D eigenvalue weighted by Crippen LogP contribution is -2.47. The Hall–Kier alpha value is -4.50. The van der Waals surface area contributed by atoms with E-state index in [-0.39, 0.29) is 17.0 Å². The van der Waals surface area contributed by atoms with Crippen LogP contribution < -0.4 is 4.90 Å². The molecule has 0 unspecified atom stereocenters. The number of amides is 3. The minimum Gasteiger partial charge on any atom is -0.315 e. The number of rotatable bonds is 2. The zero-order chi connectivity index (χ0) is 28.8. The van der Waals surface area contributed by atoms with Crippen molar-refractivity contribution in [2.45, 2.75) is 25.3 Å². The smallest absolute Gasteiger partial charge is 0.315 e. The second-order valence-corrected chi connectivity index (χ2v) is 7.82. The molecule has 38 heavy (non-hydrogen) atoms. The summed E-state index contributed by atoms with van der Waals surface area (Å²) >= 11 is -0.758. The normalized spacial score (nSPS) is 15.6. The molecule has 0 aliphatic carbocycles. The molecule has 1 atom stereocenters. The number of benzene rings is 2. The number of nitriles is 2. The first-order valence-corrected chi connectivity index (χ1v) is 10.8. The Morgan fingerprint density at radius 3 is 2.08 bits per heavy atom. The van der Waals surface area contributed by atoms with Crippen LogP contribution in [0.4, 0.5) is 36.8 Å². The molecule has 0 spiro atoms. The number of carbonyl (C=O) groups excluding carboxylic acids is 2. The highest BCUT2D eigenvalue weighted by molar-refractivity contribution is 7.55. The van der Waals surface area contributed by atoms with Gasteiger partial charge in [0.25, 0.3) is 0 Å². The van der Waals surface area contributed by atoms with Crippen LogP contribution in [-0.2, 0) is 22.4 Å². The van der Waals surface area contributed by atoms with E-state index in [1.54, 1.807) is 24.3 Å². The van der Waals surface area contributed by atoms with Crippen molar-refractivity contribution in [2.75, 3.05) is 11.9 Å². The molecule has 1 heterocycles. The van der Waals surface area contributed by atoms with Gasteiger partial charge in [-0.3, -0.25) is 9.69 Å². The van der Waals surface area contributed by atoms with Gasteiger partial charge < -0.3 is 4.90 Å². The van der Waals surface area contributed by atoms with Crippen molar-refractivity contribution in [3.8, 4) is 12.1 Å². The van der Waals surface area contributed by atoms with Gasteiger partial charge in [0.15, 0.2) is 0 Å². The summed E-state index contributed by atoms with van der Waals surface area (Å²) in [7, 11) is 1.48. The maximum atomic E-state index is 13.1. The monoisotopic (exact) mass is 555 g/mol. The maximum absolute atomic E-state index is 13.1. The molecule has 0 aromatic heterocycles. The van der Waals surface area contributed by atoms with Crippen molar-refractivity contribution in [1.29, 1.82) is 10.5 Å². The fourth-order valence-corrected chi connectivity index (χ4v) is 3.58. The summed E-state index contributed by atoms with van der Waals surface area (Å²) < 4.78 is 83.6. The fraction of sp³-hybridized carbons (Fsp3) is 0.217. The van der Waals surface area contributed by atoms with Gasteiger partial charge in [-0.1, -0.05) is 18.2 Å². The van der Waals surface area contributed by atoms with Crippen molar-refractivity contribution in [2.24, 2.45) is 4.36 Å². The molecule has 2 aromatic carbocycles. The quantitative estimate of drug-likeness (QED) is 0.456. The minimum atomic E-state index is -5.02. The van der Waals surface area contributed by atoms with Gasteiger partial charge in [-0.2, -0.15) is 41.1 Å². The van der Waals surface area contributed by atoms with Gasteiger partial charge in [-0.25, -0.2) is 4.79 Å². The zero-order valence-corrected chi connectivity index (χ0v) is 20.1. The van der Waals surface area contributed by atoms with E-state index >= 15 is 0 Å². The van der Waals surface area contributed by atoms with Crippen LogP contribution in [-0.4, -0.2) is 34.3 Å². The van der Waals surface area contributed by atoms with Crippen LogP contribution in [0.15, 0.2) is 64.2 Å². The highest BCUT2D eigenvalue weighted by Gasteiger charge is 2.39. The lowest BCUT2D eigenvalue weighted by molar-refractivity contribution is -0.169. The van der Waals surface area contributed by atoms with Crippen molar-refractivity contribution >= 4 is 29.1 Å². The third kappa shape index (κ3) is 6.63. The molecular weight excluding hydrogens is 540 g/mol. The predicted molar refractivity (Wildman–Crippen MR) is 121 cm³/mol. The lowest BCUT2D eigenvalue weighted by atomic mass is 9.93. The third-order valence-electron chi connectivity index (χ3n) is 5.15. The first-order valence-electron chi connectivity index (χ1n) is 10.1. The molecule has 3 amide bonds. The van der Waals surface area contributed by atoms with E-state index in [1.807, 2.05) is 10.4 Å². The number of hydrogen-bond acceptors (Lipinski definition) is 5. The van der Waals surface area contributed by atoms with Crippen LogP contribution in [0.3, 0.4) is 0 Å². The molecule has 0 saturated heterocycles. The standard InChI is InChI=1S/C21H15F3N4O.C2F3NO2S/c1-13-18(12-26)19(15-8-6-14(11-25)7-9-15)27(2)20(29)28(13)17-5-3-4-16(10-17)21(22,23)24;3-2(4,5)1(7)6-9-8/h3-10,19H,1-2H3;/t19-;/m1./s1. The molecule has 8 nitrogen and oxygen atoms in total. The number of likely N-dealkylation sites (N-methyl/N-ethyl adjacent to an activating group) is 1. The largest absolute Gasteiger partial charge is 0.474 e. The van der Waals surface area contributed by atoms with Crippen molar-refractivity contribution in [3.63, 3.8) is 0 Å². The topological polar surface area (TPSA) is 118 Å². The van der Waals surface area contributed by atoms with E-state index < -0.39 is 47.4 Å². The average molecular weight is 555 g/mol. The zero-order valence-electron chi connectivity index (χ0n) is 19.3. The highest BCUT2D eigenvalue weighted by Crippen LogP contribution is 2.39. The molecule has 0 N–H and O–H groups in total. The summed E-state index contributed by atoms with van der Waals surface area (Å²) in [6.45, 7) is 1.53. The summed E-state index contributed by atoms with van der Waals surface area (Å²) in [4.78, 5) is 25.0. The van der Waals surface area contributed by atoms with Gasteiger partial charge >= 0.3 is 24.3 Å². The number of carbonyl (C=O) groups is 2. The van der Waals surface area contributed by atoms with Crippen LogP contribution in [0.1, 0.15) is 29.7 Å². The van der Waals surface area contributed by atoms with Gasteiger partial charge in [0.05, 0.1) is 40.6 Å². The Labute approximate surface area is 215 Å². The molecular formula is C23H15F6N5O3S. The molecule has 0 bridgehead atoms. The van der Waals surface area contributed by atoms with Gasteiger partial charge in [0.2, 0.25) is 11.5 Å². The maximum Gasteiger partial charge on any atom is 0.474 e. The Balaban J connectivity index is 0.000000484. The van der Waals surface area contributed by atoms with E-state index in [4.69, 9.17) is 5.26 Å². The van der Waals surface area contributed by atoms with Gasteiger partial charge in [0.1, 0.15) is 0 Å². The van der Waals surface area contributed by atoms with Gasteiger partial charge in [-0.05, 0) is 42.8 Å². The SMILES string of the molecule is CC1=C(C#N)[C@@H](c2ccc(C#N)cc2)N(C)C(=O)N1c1cccc(C(F)(F)F)c1.O=S=NC(=O)C(F)(F)F. The van der Waals surface area contributed by atoms with Crippen LogP contribution in [0.5, 0.6) is 0 Å². The first kappa shape index (κ1) is 29.7. The van der Waals surface area contributed by atoms with Crippen LogP contribution in [0, 0.1) is 22.7 Å². The van der Waals surface area contributed by atoms with E-state index in [1.165, 1.54) is 31.0 Å². The first-order chi connectivity index (χ1) is 17.7. The molecule has 1 aliphatic rings. The summed E-state index contributed by atoms with van der Waals surface area (Å²) in [5.74, 6) is -2.36. The molecule has 0 fully saturated rings. The van der Waals surface area contributed by atoms with Crippen molar-refractivity contribution in [1.82, 2.24) is 4.90 Å². The van der Waals surface area contributed by atoms with Crippen LogP contribution in [0.2, 0.25) is 0 Å². The van der Waals surface area contributed by atoms with E-state index in [2.05, 4.69) is 6.07 Å².